The van der Waals surface area contributed by atoms with Crippen LogP contribution in [0.4, 0.5) is 0 Å². The fourth-order valence-electron chi connectivity index (χ4n) is 2.80. The number of carbonyl (C=O) groups is 2. The van der Waals surface area contributed by atoms with Crippen molar-refractivity contribution in [2.75, 3.05) is 6.54 Å². The minimum absolute atomic E-state index is 0.0633. The number of thiazole rings is 1. The van der Waals surface area contributed by atoms with Gasteiger partial charge >= 0.3 is 0 Å². The fourth-order valence-corrected chi connectivity index (χ4v) is 3.44. The van der Waals surface area contributed by atoms with Gasteiger partial charge < -0.3 is 10.2 Å². The molecule has 1 saturated heterocycles. The van der Waals surface area contributed by atoms with E-state index >= 15 is 0 Å². The Morgan fingerprint density at radius 3 is 2.77 bits per heavy atom. The Morgan fingerprint density at radius 2 is 2.18 bits per heavy atom. The number of rotatable bonds is 6. The minimum atomic E-state index is -0.366. The molecule has 0 radical (unpaired) electrons. The van der Waals surface area contributed by atoms with Gasteiger partial charge in [0.05, 0.1) is 6.04 Å². The van der Waals surface area contributed by atoms with Gasteiger partial charge in [0, 0.05) is 24.5 Å². The summed E-state index contributed by atoms with van der Waals surface area (Å²) in [6.07, 6.45) is 4.91. The van der Waals surface area contributed by atoms with Crippen molar-refractivity contribution in [2.24, 2.45) is 5.92 Å². The molecule has 1 N–H and O–H groups in total. The summed E-state index contributed by atoms with van der Waals surface area (Å²) >= 11 is 1.53. The number of aromatic nitrogens is 1. The van der Waals surface area contributed by atoms with Gasteiger partial charge in [-0.15, -0.1) is 11.3 Å². The van der Waals surface area contributed by atoms with Crippen molar-refractivity contribution in [3.05, 3.63) is 16.6 Å². The van der Waals surface area contributed by atoms with Gasteiger partial charge in [-0.2, -0.15) is 0 Å². The highest BCUT2D eigenvalue weighted by Crippen LogP contribution is 2.21. The Hall–Kier alpha value is -1.43. The Labute approximate surface area is 136 Å². The average Bonchev–Trinajstić information content (AvgIpc) is 2.99. The van der Waals surface area contributed by atoms with Gasteiger partial charge in [-0.25, -0.2) is 4.98 Å². The highest BCUT2D eigenvalue weighted by molar-refractivity contribution is 7.09. The maximum absolute atomic E-state index is 12.7. The van der Waals surface area contributed by atoms with Crippen molar-refractivity contribution in [2.45, 2.75) is 58.5 Å². The van der Waals surface area contributed by atoms with Crippen molar-refractivity contribution in [1.82, 2.24) is 15.2 Å². The van der Waals surface area contributed by atoms with E-state index in [0.717, 1.165) is 17.8 Å². The molecule has 1 aliphatic rings. The number of amides is 2. The van der Waals surface area contributed by atoms with Crippen LogP contribution in [-0.2, 0) is 9.59 Å². The second kappa shape index (κ2) is 7.72. The molecule has 6 heteroatoms. The summed E-state index contributed by atoms with van der Waals surface area (Å²) in [6.45, 7) is 6.79. The minimum Gasteiger partial charge on any atom is -0.345 e. The molecule has 1 aromatic heterocycles. The molecular weight excluding hydrogens is 298 g/mol. The molecule has 0 bridgehead atoms. The highest BCUT2D eigenvalue weighted by Gasteiger charge is 2.32. The Bertz CT molecular complexity index is 501. The van der Waals surface area contributed by atoms with Crippen molar-refractivity contribution in [3.63, 3.8) is 0 Å². The Morgan fingerprint density at radius 1 is 1.41 bits per heavy atom. The lowest BCUT2D eigenvalue weighted by molar-refractivity contribution is -0.143. The summed E-state index contributed by atoms with van der Waals surface area (Å²) < 4.78 is 0. The van der Waals surface area contributed by atoms with Crippen molar-refractivity contribution >= 4 is 23.2 Å². The predicted octanol–water partition coefficient (Wildman–Crippen LogP) is 2.75. The molecule has 2 heterocycles. The molecule has 0 saturated carbocycles. The molecule has 0 aliphatic carbocycles. The molecule has 1 aliphatic heterocycles. The van der Waals surface area contributed by atoms with E-state index in [9.17, 15) is 9.59 Å². The lowest BCUT2D eigenvalue weighted by Crippen LogP contribution is -2.52. The van der Waals surface area contributed by atoms with Gasteiger partial charge in [0.1, 0.15) is 11.0 Å². The molecule has 1 aromatic rings. The third-order valence-electron chi connectivity index (χ3n) is 3.91. The van der Waals surface area contributed by atoms with Crippen LogP contribution >= 0.6 is 11.3 Å². The van der Waals surface area contributed by atoms with Gasteiger partial charge in [0.25, 0.3) is 0 Å². The first-order valence-electron chi connectivity index (χ1n) is 7.98. The second-order valence-electron chi connectivity index (χ2n) is 6.29. The van der Waals surface area contributed by atoms with E-state index in [4.69, 9.17) is 0 Å². The smallest absolute Gasteiger partial charge is 0.243 e. The van der Waals surface area contributed by atoms with Gasteiger partial charge in [-0.3, -0.25) is 9.59 Å². The van der Waals surface area contributed by atoms with Crippen molar-refractivity contribution < 1.29 is 9.59 Å². The number of carbonyl (C=O) groups excluding carboxylic acids is 2. The SMILES string of the molecule is CC(C)C[C@@H](C(=O)N[C@@H](C)c1nccs1)N1CCCCC1=O. The van der Waals surface area contributed by atoms with Crippen LogP contribution in [-0.4, -0.2) is 34.3 Å². The number of likely N-dealkylation sites (tertiary alicyclic amines) is 1. The van der Waals surface area contributed by atoms with E-state index in [1.165, 1.54) is 11.3 Å². The zero-order valence-corrected chi connectivity index (χ0v) is 14.4. The largest absolute Gasteiger partial charge is 0.345 e. The van der Waals surface area contributed by atoms with Crippen LogP contribution in [0.3, 0.4) is 0 Å². The molecule has 2 rings (SSSR count). The zero-order chi connectivity index (χ0) is 16.1. The molecule has 1 fully saturated rings. The summed E-state index contributed by atoms with van der Waals surface area (Å²) in [5.74, 6) is 0.404. The van der Waals surface area contributed by atoms with Crippen LogP contribution in [0.2, 0.25) is 0 Å². The number of hydrogen-bond donors (Lipinski definition) is 1. The van der Waals surface area contributed by atoms with Gasteiger partial charge in [0.15, 0.2) is 0 Å². The van der Waals surface area contributed by atoms with Crippen molar-refractivity contribution in [1.29, 1.82) is 0 Å². The Kier molecular flexibility index (Phi) is 5.94. The normalized spacial score (nSPS) is 18.4. The van der Waals surface area contributed by atoms with E-state index in [1.54, 1.807) is 11.1 Å². The first-order valence-corrected chi connectivity index (χ1v) is 8.86. The number of nitrogens with zero attached hydrogens (tertiary/aromatic N) is 2. The van der Waals surface area contributed by atoms with Crippen LogP contribution in [0.1, 0.15) is 57.5 Å². The summed E-state index contributed by atoms with van der Waals surface area (Å²) in [6, 6.07) is -0.489. The molecule has 122 valence electrons. The fraction of sp³-hybridized carbons (Fsp3) is 0.688. The first kappa shape index (κ1) is 16.9. The molecule has 2 amide bonds. The van der Waals surface area contributed by atoms with E-state index in [1.807, 2.05) is 12.3 Å². The molecule has 5 nitrogen and oxygen atoms in total. The van der Waals surface area contributed by atoms with Gasteiger partial charge in [0.2, 0.25) is 11.8 Å². The molecule has 0 aromatic carbocycles. The molecule has 22 heavy (non-hydrogen) atoms. The maximum atomic E-state index is 12.7. The topological polar surface area (TPSA) is 62.3 Å². The lowest BCUT2D eigenvalue weighted by Gasteiger charge is -2.35. The van der Waals surface area contributed by atoms with Crippen LogP contribution in [0.5, 0.6) is 0 Å². The number of piperidine rings is 1. The highest BCUT2D eigenvalue weighted by atomic mass is 32.1. The molecule has 2 atom stereocenters. The number of nitrogens with one attached hydrogen (secondary N) is 1. The summed E-state index contributed by atoms with van der Waals surface area (Å²) in [5.41, 5.74) is 0. The van der Waals surface area contributed by atoms with Crippen LogP contribution in [0, 0.1) is 5.92 Å². The van der Waals surface area contributed by atoms with Crippen LogP contribution in [0.25, 0.3) is 0 Å². The Balaban J connectivity index is 2.07. The summed E-state index contributed by atoms with van der Waals surface area (Å²) in [5, 5.41) is 5.81. The van der Waals surface area contributed by atoms with Gasteiger partial charge in [-0.1, -0.05) is 13.8 Å². The van der Waals surface area contributed by atoms with Crippen LogP contribution < -0.4 is 5.32 Å². The summed E-state index contributed by atoms with van der Waals surface area (Å²) in [7, 11) is 0. The second-order valence-corrected chi connectivity index (χ2v) is 7.22. The molecule has 0 spiro atoms. The predicted molar refractivity (Wildman–Crippen MR) is 87.5 cm³/mol. The molecular formula is C16H25N3O2S. The van der Waals surface area contributed by atoms with Gasteiger partial charge in [-0.05, 0) is 32.1 Å². The van der Waals surface area contributed by atoms with E-state index < -0.39 is 0 Å². The van der Waals surface area contributed by atoms with Crippen LogP contribution in [0.15, 0.2) is 11.6 Å². The maximum Gasteiger partial charge on any atom is 0.243 e. The third-order valence-corrected chi connectivity index (χ3v) is 4.87. The first-order chi connectivity index (χ1) is 10.5. The summed E-state index contributed by atoms with van der Waals surface area (Å²) in [4.78, 5) is 30.9. The molecule has 0 unspecified atom stereocenters. The van der Waals surface area contributed by atoms with E-state index in [-0.39, 0.29) is 23.9 Å². The van der Waals surface area contributed by atoms with E-state index in [0.29, 0.717) is 25.3 Å². The van der Waals surface area contributed by atoms with Crippen molar-refractivity contribution in [3.8, 4) is 0 Å². The van der Waals surface area contributed by atoms with E-state index in [2.05, 4.69) is 24.1 Å². The quantitative estimate of drug-likeness (QED) is 0.875. The lowest BCUT2D eigenvalue weighted by atomic mass is 9.98. The monoisotopic (exact) mass is 323 g/mol. The average molecular weight is 323 g/mol. The number of hydrogen-bond acceptors (Lipinski definition) is 4. The zero-order valence-electron chi connectivity index (χ0n) is 13.5. The third kappa shape index (κ3) is 4.29. The standard InChI is InChI=1S/C16H25N3O2S/c1-11(2)10-13(19-8-5-4-6-14(19)20)15(21)18-12(3)16-17-7-9-22-16/h7,9,11-13H,4-6,8,10H2,1-3H3,(H,18,21)/t12-,13-/m0/s1.